The van der Waals surface area contributed by atoms with Crippen molar-refractivity contribution in [3.63, 3.8) is 0 Å². The minimum Gasteiger partial charge on any atom is -0.307 e. The first-order valence-corrected chi connectivity index (χ1v) is 13.2. The van der Waals surface area contributed by atoms with Gasteiger partial charge in [0, 0.05) is 17.3 Å². The van der Waals surface area contributed by atoms with Crippen LogP contribution in [-0.2, 0) is 18.2 Å². The summed E-state index contributed by atoms with van der Waals surface area (Å²) in [6.07, 6.45) is 6.30. The summed E-state index contributed by atoms with van der Waals surface area (Å²) in [5.74, 6) is 0. The number of hydrogen-bond donors (Lipinski definition) is 0. The normalized spacial score (nSPS) is 11.6. The maximum atomic E-state index is 14.5. The molecule has 1 heterocycles. The Morgan fingerprint density at radius 1 is 0.818 bits per heavy atom. The zero-order valence-electron chi connectivity index (χ0n) is 20.7. The van der Waals surface area contributed by atoms with Crippen LogP contribution in [0.25, 0.3) is 0 Å². The molecule has 1 aromatic heterocycles. The Morgan fingerprint density at radius 3 is 1.61 bits per heavy atom. The van der Waals surface area contributed by atoms with Crippen molar-refractivity contribution < 1.29 is 18.7 Å². The molecular weight excluding hydrogens is 431 g/mol. The molecule has 5 nitrogen and oxygen atoms in total. The van der Waals surface area contributed by atoms with Crippen molar-refractivity contribution in [1.82, 2.24) is 4.57 Å². The van der Waals surface area contributed by atoms with Gasteiger partial charge < -0.3 is 4.57 Å². The number of aromatic nitrogens is 2. The quantitative estimate of drug-likeness (QED) is 0.322. The fraction of sp³-hybridized carbons (Fsp3) is 0.370. The van der Waals surface area contributed by atoms with E-state index in [4.69, 9.17) is 0 Å². The third-order valence-corrected chi connectivity index (χ3v) is 8.86. The number of benzene rings is 2. The molecule has 33 heavy (non-hydrogen) atoms. The number of carbonyl (C=O) groups is 2. The zero-order valence-corrected chi connectivity index (χ0v) is 21.6. The van der Waals surface area contributed by atoms with Gasteiger partial charge in [-0.05, 0) is 70.2 Å². The van der Waals surface area contributed by atoms with Crippen LogP contribution in [-0.4, -0.2) is 21.8 Å². The van der Waals surface area contributed by atoms with E-state index in [1.165, 1.54) is 0 Å². The number of carbonyl (C=O) groups excluding carboxylic acids is 2. The lowest BCUT2D eigenvalue weighted by Crippen LogP contribution is -2.24. The highest BCUT2D eigenvalue weighted by Crippen LogP contribution is 2.54. The van der Waals surface area contributed by atoms with Crippen molar-refractivity contribution >= 4 is 18.2 Å². The van der Waals surface area contributed by atoms with Crippen molar-refractivity contribution in [2.75, 3.05) is 6.16 Å². The third kappa shape index (κ3) is 5.09. The molecule has 0 aliphatic carbocycles. The number of nitrogens with zero attached hydrogens (tertiary/aromatic N) is 2. The average molecular weight is 466 g/mol. The van der Waals surface area contributed by atoms with Crippen LogP contribution in [0.15, 0.2) is 43.0 Å². The van der Waals surface area contributed by atoms with Gasteiger partial charge in [0.05, 0.1) is 13.6 Å². The van der Waals surface area contributed by atoms with Gasteiger partial charge >= 0.3 is 0 Å². The predicted molar refractivity (Wildman–Crippen MR) is 133 cm³/mol. The largest absolute Gasteiger partial charge is 0.307 e. The number of rotatable bonds is 8. The summed E-state index contributed by atoms with van der Waals surface area (Å²) in [6.45, 7) is 11.9. The molecule has 0 aliphatic heterocycles. The van der Waals surface area contributed by atoms with E-state index in [0.717, 1.165) is 33.4 Å². The Balaban J connectivity index is 2.07. The fourth-order valence-electron chi connectivity index (χ4n) is 4.80. The van der Waals surface area contributed by atoms with Gasteiger partial charge in [0.25, 0.3) is 0 Å². The summed E-state index contributed by atoms with van der Waals surface area (Å²) in [5.41, 5.74) is 4.95. The van der Waals surface area contributed by atoms with Gasteiger partial charge in [-0.25, -0.2) is 9.13 Å². The van der Waals surface area contributed by atoms with Crippen molar-refractivity contribution in [2.45, 2.75) is 54.5 Å². The molecule has 0 amide bonds. The highest BCUT2D eigenvalue weighted by atomic mass is 31.2. The molecular formula is C27H34N2O3P+. The van der Waals surface area contributed by atoms with Gasteiger partial charge in [0.2, 0.25) is 24.5 Å². The lowest BCUT2D eigenvalue weighted by Gasteiger charge is -2.21. The van der Waals surface area contributed by atoms with Gasteiger partial charge in [-0.3, -0.25) is 9.59 Å². The van der Waals surface area contributed by atoms with E-state index in [2.05, 4.69) is 0 Å². The highest BCUT2D eigenvalue weighted by Gasteiger charge is 2.42. The molecule has 0 aliphatic rings. The predicted octanol–water partition coefficient (Wildman–Crippen LogP) is 5.60. The van der Waals surface area contributed by atoms with Gasteiger partial charge in [-0.15, -0.1) is 0 Å². The second-order valence-electron chi connectivity index (χ2n) is 9.29. The second kappa shape index (κ2) is 9.61. The van der Waals surface area contributed by atoms with Crippen LogP contribution < -0.4 is 4.57 Å². The van der Waals surface area contributed by atoms with Crippen molar-refractivity contribution in [3.8, 4) is 0 Å². The lowest BCUT2D eigenvalue weighted by molar-refractivity contribution is -0.671. The van der Waals surface area contributed by atoms with Crippen LogP contribution in [0.2, 0.25) is 0 Å². The van der Waals surface area contributed by atoms with Gasteiger partial charge in [-0.2, -0.15) is 0 Å². The van der Waals surface area contributed by atoms with E-state index in [1.54, 1.807) is 0 Å². The average Bonchev–Trinajstić information content (AvgIpc) is 3.11. The Kier molecular flexibility index (Phi) is 7.23. The molecule has 0 N–H and O–H groups in total. The van der Waals surface area contributed by atoms with E-state index in [0.29, 0.717) is 24.1 Å². The van der Waals surface area contributed by atoms with Crippen molar-refractivity contribution in [3.05, 3.63) is 87.5 Å². The first-order chi connectivity index (χ1) is 15.4. The SMILES string of the molecule is Cc1cc(C)c(C(=O)P(=O)(CCCn2cc[n+](C)c2)C(=O)c2c(C)cc(C)cc2C)c(C)c1. The molecule has 3 aromatic rings. The first-order valence-electron chi connectivity index (χ1n) is 11.3. The molecule has 2 aromatic carbocycles. The highest BCUT2D eigenvalue weighted by molar-refractivity contribution is 7.95. The lowest BCUT2D eigenvalue weighted by atomic mass is 10.0. The van der Waals surface area contributed by atoms with Crippen molar-refractivity contribution in [1.29, 1.82) is 0 Å². The van der Waals surface area contributed by atoms with Crippen molar-refractivity contribution in [2.24, 2.45) is 7.05 Å². The molecule has 0 radical (unpaired) electrons. The monoisotopic (exact) mass is 465 g/mol. The molecule has 0 spiro atoms. The molecule has 0 atom stereocenters. The Morgan fingerprint density at radius 2 is 1.24 bits per heavy atom. The number of aryl methyl sites for hydroxylation is 8. The summed E-state index contributed by atoms with van der Waals surface area (Å²) in [5, 5.41) is 0. The minimum absolute atomic E-state index is 0.0477. The molecule has 0 unspecified atom stereocenters. The second-order valence-corrected chi connectivity index (χ2v) is 12.0. The summed E-state index contributed by atoms with van der Waals surface area (Å²) >= 11 is 0. The molecule has 0 saturated carbocycles. The topological polar surface area (TPSA) is 60.0 Å². The van der Waals surface area contributed by atoms with Gasteiger partial charge in [-0.1, -0.05) is 35.4 Å². The fourth-order valence-corrected chi connectivity index (χ4v) is 7.41. The van der Waals surface area contributed by atoms with Crippen LogP contribution >= 0.6 is 7.14 Å². The minimum atomic E-state index is -3.91. The first kappa shape index (κ1) is 24.9. The number of hydrogen-bond acceptors (Lipinski definition) is 3. The molecule has 0 bridgehead atoms. The summed E-state index contributed by atoms with van der Waals surface area (Å²) in [6, 6.07) is 7.66. The van der Waals surface area contributed by atoms with Gasteiger partial charge in [0.15, 0.2) is 0 Å². The smallest absolute Gasteiger partial charge is 0.243 e. The molecule has 6 heteroatoms. The van der Waals surface area contributed by atoms with Crippen LogP contribution in [0.3, 0.4) is 0 Å². The van der Waals surface area contributed by atoms with Crippen LogP contribution in [0.5, 0.6) is 0 Å². The van der Waals surface area contributed by atoms with E-state index < -0.39 is 18.2 Å². The Bertz CT molecular complexity index is 1170. The van der Waals surface area contributed by atoms with E-state index >= 15 is 0 Å². The van der Waals surface area contributed by atoms with E-state index in [9.17, 15) is 14.2 Å². The molecule has 0 saturated heterocycles. The van der Waals surface area contributed by atoms with E-state index in [-0.39, 0.29) is 6.16 Å². The maximum absolute atomic E-state index is 14.5. The van der Waals surface area contributed by atoms with Crippen LogP contribution in [0.4, 0.5) is 0 Å². The summed E-state index contributed by atoms with van der Waals surface area (Å²) < 4.78 is 18.4. The molecule has 3 rings (SSSR count). The summed E-state index contributed by atoms with van der Waals surface area (Å²) in [7, 11) is -1.98. The maximum Gasteiger partial charge on any atom is 0.243 e. The zero-order chi connectivity index (χ0) is 24.5. The third-order valence-electron chi connectivity index (χ3n) is 6.15. The van der Waals surface area contributed by atoms with E-state index in [1.807, 2.05) is 101 Å². The molecule has 0 fully saturated rings. The van der Waals surface area contributed by atoms with Gasteiger partial charge in [0.1, 0.15) is 12.4 Å². The number of imidazole rings is 1. The molecule has 174 valence electrons. The standard InChI is InChI=1S/C27H34N2O3P/c1-18-13-20(3)24(21(4)14-18)26(30)33(32,12-8-9-29-11-10-28(7)17-29)27(31)25-22(5)15-19(2)16-23(25)6/h10-11,13-17H,8-9,12H2,1-7H3/q+1. The van der Waals surface area contributed by atoms with Crippen LogP contribution in [0.1, 0.15) is 60.5 Å². The Hall–Kier alpha value is -2.78. The summed E-state index contributed by atoms with van der Waals surface area (Å²) in [4.78, 5) is 27.8. The van der Waals surface area contributed by atoms with Crippen LogP contribution in [0, 0.1) is 41.5 Å². The Labute approximate surface area is 196 Å².